The van der Waals surface area contributed by atoms with Gasteiger partial charge in [-0.1, -0.05) is 31.6 Å². The number of nitrogens with zero attached hydrogens (tertiary/aromatic N) is 1. The van der Waals surface area contributed by atoms with Gasteiger partial charge in [0.05, 0.1) is 24.4 Å². The van der Waals surface area contributed by atoms with E-state index in [0.29, 0.717) is 12.4 Å². The molecule has 0 atom stereocenters. The molecule has 4 heteroatoms. The molecule has 1 aromatic heterocycles. The number of aromatic nitrogens is 1. The molecule has 29 heavy (non-hydrogen) atoms. The molecule has 3 rings (SSSR count). The second kappa shape index (κ2) is 10.6. The number of benzene rings is 2. The van der Waals surface area contributed by atoms with Gasteiger partial charge in [0.15, 0.2) is 0 Å². The first-order valence-electron chi connectivity index (χ1n) is 10.3. The van der Waals surface area contributed by atoms with Gasteiger partial charge in [-0.05, 0) is 68.7 Å². The van der Waals surface area contributed by atoms with Crippen LogP contribution in [0.1, 0.15) is 43.9 Å². The summed E-state index contributed by atoms with van der Waals surface area (Å²) in [6.07, 6.45) is 8.08. The third-order valence-electron chi connectivity index (χ3n) is 4.73. The minimum Gasteiger partial charge on any atom is -0.494 e. The van der Waals surface area contributed by atoms with Gasteiger partial charge in [-0.25, -0.2) is 9.37 Å². The van der Waals surface area contributed by atoms with E-state index in [1.165, 1.54) is 12.1 Å². The van der Waals surface area contributed by atoms with E-state index in [4.69, 9.17) is 14.5 Å². The molecule has 0 radical (unpaired) electrons. The van der Waals surface area contributed by atoms with E-state index in [0.717, 1.165) is 60.2 Å². The molecule has 2 aromatic carbocycles. The van der Waals surface area contributed by atoms with Crippen LogP contribution in [0.2, 0.25) is 0 Å². The molecule has 1 heterocycles. The van der Waals surface area contributed by atoms with Gasteiger partial charge < -0.3 is 9.47 Å². The highest BCUT2D eigenvalue weighted by Crippen LogP contribution is 2.31. The minimum atomic E-state index is -0.253. The van der Waals surface area contributed by atoms with Crippen LogP contribution in [0, 0.1) is 12.7 Å². The van der Waals surface area contributed by atoms with Gasteiger partial charge in [0.25, 0.3) is 0 Å². The third kappa shape index (κ3) is 5.80. The summed E-state index contributed by atoms with van der Waals surface area (Å²) in [5, 5.41) is 1.06. The van der Waals surface area contributed by atoms with E-state index in [9.17, 15) is 4.39 Å². The monoisotopic (exact) mass is 393 g/mol. The number of rotatable bonds is 10. The van der Waals surface area contributed by atoms with E-state index < -0.39 is 0 Å². The first-order valence-corrected chi connectivity index (χ1v) is 10.3. The molecule has 0 aliphatic heterocycles. The molecular weight excluding hydrogens is 365 g/mol. The van der Waals surface area contributed by atoms with Crippen LogP contribution >= 0.6 is 0 Å². The number of hydrogen-bond donors (Lipinski definition) is 0. The highest BCUT2D eigenvalue weighted by molar-refractivity contribution is 5.88. The maximum atomic E-state index is 12.9. The summed E-state index contributed by atoms with van der Waals surface area (Å²) < 4.78 is 24.6. The molecule has 0 bridgehead atoms. The molecule has 0 aliphatic rings. The van der Waals surface area contributed by atoms with Gasteiger partial charge in [0, 0.05) is 10.9 Å². The van der Waals surface area contributed by atoms with Gasteiger partial charge in [-0.2, -0.15) is 0 Å². The summed E-state index contributed by atoms with van der Waals surface area (Å²) in [5.41, 5.74) is 2.96. The first-order chi connectivity index (χ1) is 14.2. The SMILES string of the molecule is CCCCOc1c(C)c(C=CCCCOc2ccc(F)cc2)nc2ccccc12. The van der Waals surface area contributed by atoms with Crippen LogP contribution in [0.5, 0.6) is 11.5 Å². The van der Waals surface area contributed by atoms with E-state index in [-0.39, 0.29) is 5.82 Å². The van der Waals surface area contributed by atoms with E-state index >= 15 is 0 Å². The Morgan fingerprint density at radius 1 is 0.966 bits per heavy atom. The van der Waals surface area contributed by atoms with Crippen LogP contribution in [0.15, 0.2) is 54.6 Å². The number of fused-ring (bicyclic) bond motifs is 1. The number of halogens is 1. The second-order valence-corrected chi connectivity index (χ2v) is 7.02. The fraction of sp³-hybridized carbons (Fsp3) is 0.320. The molecule has 0 spiro atoms. The topological polar surface area (TPSA) is 31.4 Å². The van der Waals surface area contributed by atoms with E-state index in [1.807, 2.05) is 18.2 Å². The molecule has 0 fully saturated rings. The summed E-state index contributed by atoms with van der Waals surface area (Å²) in [6.45, 7) is 5.54. The Labute approximate surface area is 172 Å². The number of ether oxygens (including phenoxy) is 2. The van der Waals surface area contributed by atoms with Crippen LogP contribution in [0.25, 0.3) is 17.0 Å². The molecule has 152 valence electrons. The lowest BCUT2D eigenvalue weighted by Crippen LogP contribution is -2.02. The third-order valence-corrected chi connectivity index (χ3v) is 4.73. The van der Waals surface area contributed by atoms with Gasteiger partial charge in [-0.3, -0.25) is 0 Å². The van der Waals surface area contributed by atoms with Crippen molar-refractivity contribution in [3.05, 3.63) is 71.7 Å². The molecule has 0 unspecified atom stereocenters. The largest absolute Gasteiger partial charge is 0.494 e. The number of allylic oxidation sites excluding steroid dienone is 1. The van der Waals surface area contributed by atoms with E-state index in [1.54, 1.807) is 12.1 Å². The standard InChI is InChI=1S/C25H28FNO2/c1-3-4-17-29-25-19(2)23(27-24-12-8-7-10-22(24)25)11-6-5-9-18-28-21-15-13-20(26)14-16-21/h6-8,10-16H,3-5,9,17-18H2,1-2H3. The van der Waals surface area contributed by atoms with Crippen molar-refractivity contribution >= 4 is 17.0 Å². The zero-order valence-electron chi connectivity index (χ0n) is 17.2. The normalized spacial score (nSPS) is 11.3. The Balaban J connectivity index is 1.62. The highest BCUT2D eigenvalue weighted by Gasteiger charge is 2.11. The Hall–Kier alpha value is -2.88. The molecule has 3 aromatic rings. The van der Waals surface area contributed by atoms with Crippen molar-refractivity contribution in [2.45, 2.75) is 39.5 Å². The Morgan fingerprint density at radius 3 is 2.52 bits per heavy atom. The number of hydrogen-bond acceptors (Lipinski definition) is 3. The van der Waals surface area contributed by atoms with Crippen LogP contribution in [0.4, 0.5) is 4.39 Å². The van der Waals surface area contributed by atoms with Crippen LogP contribution in [-0.2, 0) is 0 Å². The Kier molecular flexibility index (Phi) is 7.62. The molecule has 0 amide bonds. The maximum Gasteiger partial charge on any atom is 0.133 e. The minimum absolute atomic E-state index is 0.253. The second-order valence-electron chi connectivity index (χ2n) is 7.02. The quantitative estimate of drug-likeness (QED) is 0.358. The van der Waals surface area contributed by atoms with Gasteiger partial charge in [-0.15, -0.1) is 0 Å². The first kappa shape index (κ1) is 20.8. The van der Waals surface area contributed by atoms with Crippen molar-refractivity contribution in [3.8, 4) is 11.5 Å². The average Bonchev–Trinajstić information content (AvgIpc) is 2.74. The summed E-state index contributed by atoms with van der Waals surface area (Å²) >= 11 is 0. The summed E-state index contributed by atoms with van der Waals surface area (Å²) in [5.74, 6) is 1.37. The summed E-state index contributed by atoms with van der Waals surface area (Å²) in [6, 6.07) is 14.2. The average molecular weight is 394 g/mol. The van der Waals surface area contributed by atoms with Crippen molar-refractivity contribution < 1.29 is 13.9 Å². The van der Waals surface area contributed by atoms with Gasteiger partial charge in [0.1, 0.15) is 17.3 Å². The predicted octanol–water partition coefficient (Wildman–Crippen LogP) is 6.73. The molecule has 0 aliphatic carbocycles. The summed E-state index contributed by atoms with van der Waals surface area (Å²) in [7, 11) is 0. The van der Waals surface area contributed by atoms with Crippen molar-refractivity contribution in [1.29, 1.82) is 0 Å². The van der Waals surface area contributed by atoms with Crippen LogP contribution in [0.3, 0.4) is 0 Å². The van der Waals surface area contributed by atoms with Crippen LogP contribution in [-0.4, -0.2) is 18.2 Å². The zero-order chi connectivity index (χ0) is 20.5. The zero-order valence-corrected chi connectivity index (χ0v) is 17.2. The fourth-order valence-electron chi connectivity index (χ4n) is 3.08. The molecule has 0 saturated heterocycles. The fourth-order valence-corrected chi connectivity index (χ4v) is 3.08. The lowest BCUT2D eigenvalue weighted by atomic mass is 10.1. The van der Waals surface area contributed by atoms with Gasteiger partial charge in [0.2, 0.25) is 0 Å². The molecule has 3 nitrogen and oxygen atoms in total. The molecule has 0 saturated carbocycles. The van der Waals surface area contributed by atoms with Crippen molar-refractivity contribution in [2.75, 3.05) is 13.2 Å². The number of para-hydroxylation sites is 1. The summed E-state index contributed by atoms with van der Waals surface area (Å²) in [4.78, 5) is 4.80. The molecular formula is C25H28FNO2. The lowest BCUT2D eigenvalue weighted by Gasteiger charge is -2.14. The van der Waals surface area contributed by atoms with Crippen molar-refractivity contribution in [1.82, 2.24) is 4.98 Å². The van der Waals surface area contributed by atoms with Crippen molar-refractivity contribution in [3.63, 3.8) is 0 Å². The van der Waals surface area contributed by atoms with Crippen molar-refractivity contribution in [2.24, 2.45) is 0 Å². The Morgan fingerprint density at radius 2 is 1.72 bits per heavy atom. The maximum absolute atomic E-state index is 12.9. The van der Waals surface area contributed by atoms with E-state index in [2.05, 4.69) is 32.1 Å². The number of unbranched alkanes of at least 4 members (excludes halogenated alkanes) is 2. The molecule has 0 N–H and O–H groups in total. The highest BCUT2D eigenvalue weighted by atomic mass is 19.1. The predicted molar refractivity (Wildman–Crippen MR) is 117 cm³/mol. The number of pyridine rings is 1. The Bertz CT molecular complexity index is 951. The van der Waals surface area contributed by atoms with Crippen LogP contribution < -0.4 is 9.47 Å². The van der Waals surface area contributed by atoms with Gasteiger partial charge >= 0.3 is 0 Å². The lowest BCUT2D eigenvalue weighted by molar-refractivity contribution is 0.310. The smallest absolute Gasteiger partial charge is 0.133 e.